The van der Waals surface area contributed by atoms with Crippen molar-refractivity contribution in [1.82, 2.24) is 19.8 Å². The van der Waals surface area contributed by atoms with E-state index in [1.807, 2.05) is 6.07 Å². The second-order valence-electron chi connectivity index (χ2n) is 6.47. The number of para-hydroxylation sites is 2. The minimum atomic E-state index is 0.310. The number of likely N-dealkylation sites (tertiary alicyclic amines) is 1. The number of benzene rings is 1. The quantitative estimate of drug-likeness (QED) is 0.731. The molecule has 3 rings (SSSR count). The van der Waals surface area contributed by atoms with Crippen molar-refractivity contribution >= 4 is 11.0 Å². The highest BCUT2D eigenvalue weighted by molar-refractivity contribution is 5.75. The number of aryl methyl sites for hydroxylation is 1. The van der Waals surface area contributed by atoms with Crippen LogP contribution in [0.4, 0.5) is 0 Å². The standard InChI is InChI=1S/C18H28N4O/c1-21-17-9-3-2-8-16(17)20-18(21)13-19-10-4-5-11-22-12-6-7-15(22)14-23/h2-3,8-9,15,19,23H,4-7,10-14H2,1H3. The van der Waals surface area contributed by atoms with Gasteiger partial charge in [-0.15, -0.1) is 0 Å². The maximum atomic E-state index is 9.33. The Kier molecular flexibility index (Phi) is 5.65. The minimum Gasteiger partial charge on any atom is -0.395 e. The topological polar surface area (TPSA) is 53.3 Å². The molecule has 0 saturated carbocycles. The molecule has 0 bridgehead atoms. The maximum Gasteiger partial charge on any atom is 0.123 e. The van der Waals surface area contributed by atoms with E-state index in [4.69, 9.17) is 0 Å². The molecular weight excluding hydrogens is 288 g/mol. The predicted octanol–water partition coefficient (Wildman–Crippen LogP) is 1.90. The zero-order valence-corrected chi connectivity index (χ0v) is 14.0. The summed E-state index contributed by atoms with van der Waals surface area (Å²) in [7, 11) is 2.08. The van der Waals surface area contributed by atoms with Crippen LogP contribution < -0.4 is 5.32 Å². The van der Waals surface area contributed by atoms with Gasteiger partial charge in [0, 0.05) is 13.1 Å². The number of fused-ring (bicyclic) bond motifs is 1. The minimum absolute atomic E-state index is 0.310. The highest BCUT2D eigenvalue weighted by Crippen LogP contribution is 2.17. The number of imidazole rings is 1. The Labute approximate surface area is 138 Å². The lowest BCUT2D eigenvalue weighted by molar-refractivity contribution is 0.157. The SMILES string of the molecule is Cn1c(CNCCCCN2CCCC2CO)nc2ccccc21. The smallest absolute Gasteiger partial charge is 0.123 e. The second-order valence-corrected chi connectivity index (χ2v) is 6.47. The molecule has 5 nitrogen and oxygen atoms in total. The van der Waals surface area contributed by atoms with Crippen molar-refractivity contribution < 1.29 is 5.11 Å². The van der Waals surface area contributed by atoms with Crippen molar-refractivity contribution in [2.45, 2.75) is 38.3 Å². The number of aliphatic hydroxyl groups excluding tert-OH is 1. The molecule has 23 heavy (non-hydrogen) atoms. The van der Waals surface area contributed by atoms with E-state index in [0.717, 1.165) is 43.9 Å². The summed E-state index contributed by atoms with van der Waals surface area (Å²) in [5.41, 5.74) is 2.25. The summed E-state index contributed by atoms with van der Waals surface area (Å²) in [6.07, 6.45) is 4.74. The van der Waals surface area contributed by atoms with E-state index < -0.39 is 0 Å². The van der Waals surface area contributed by atoms with Crippen molar-refractivity contribution in [1.29, 1.82) is 0 Å². The third-order valence-corrected chi connectivity index (χ3v) is 4.92. The lowest BCUT2D eigenvalue weighted by atomic mass is 10.2. The number of unbranched alkanes of at least 4 members (excludes halogenated alkanes) is 1. The first-order chi connectivity index (χ1) is 11.3. The van der Waals surface area contributed by atoms with E-state index >= 15 is 0 Å². The number of nitrogens with one attached hydrogen (secondary N) is 1. The molecule has 1 aliphatic rings. The van der Waals surface area contributed by atoms with E-state index in [1.165, 1.54) is 24.8 Å². The Morgan fingerprint density at radius 1 is 1.30 bits per heavy atom. The van der Waals surface area contributed by atoms with E-state index in [1.54, 1.807) is 0 Å². The van der Waals surface area contributed by atoms with Gasteiger partial charge in [0.05, 0.1) is 24.2 Å². The van der Waals surface area contributed by atoms with Gasteiger partial charge in [0.1, 0.15) is 5.82 Å². The fourth-order valence-electron chi connectivity index (χ4n) is 3.51. The Morgan fingerprint density at radius 2 is 2.17 bits per heavy atom. The van der Waals surface area contributed by atoms with Crippen molar-refractivity contribution in [2.24, 2.45) is 7.05 Å². The summed E-state index contributed by atoms with van der Waals surface area (Å²) in [6.45, 7) is 4.40. The number of hydrogen-bond acceptors (Lipinski definition) is 4. The van der Waals surface area contributed by atoms with Crippen LogP contribution in [0.1, 0.15) is 31.5 Å². The van der Waals surface area contributed by atoms with Crippen LogP contribution in [-0.4, -0.2) is 51.8 Å². The molecule has 1 aromatic heterocycles. The lowest BCUT2D eigenvalue weighted by Crippen LogP contribution is -2.33. The predicted molar refractivity (Wildman–Crippen MR) is 93.3 cm³/mol. The first-order valence-corrected chi connectivity index (χ1v) is 8.75. The van der Waals surface area contributed by atoms with E-state index in [-0.39, 0.29) is 0 Å². The van der Waals surface area contributed by atoms with Crippen LogP contribution in [0.25, 0.3) is 11.0 Å². The van der Waals surface area contributed by atoms with Crippen LogP contribution in [0, 0.1) is 0 Å². The van der Waals surface area contributed by atoms with E-state index in [2.05, 4.69) is 45.0 Å². The summed E-state index contributed by atoms with van der Waals surface area (Å²) in [4.78, 5) is 7.11. The van der Waals surface area contributed by atoms with Crippen LogP contribution in [0.5, 0.6) is 0 Å². The molecule has 1 aliphatic heterocycles. The van der Waals surface area contributed by atoms with E-state index in [0.29, 0.717) is 12.6 Å². The largest absolute Gasteiger partial charge is 0.395 e. The Balaban J connectivity index is 1.37. The summed E-state index contributed by atoms with van der Waals surface area (Å²) < 4.78 is 2.17. The molecule has 2 N–H and O–H groups in total. The molecule has 0 spiro atoms. The van der Waals surface area contributed by atoms with Gasteiger partial charge in [-0.3, -0.25) is 4.90 Å². The zero-order chi connectivity index (χ0) is 16.1. The van der Waals surface area contributed by atoms with Crippen molar-refractivity contribution in [2.75, 3.05) is 26.2 Å². The third kappa shape index (κ3) is 3.91. The molecule has 0 amide bonds. The summed E-state index contributed by atoms with van der Waals surface area (Å²) in [6, 6.07) is 8.67. The van der Waals surface area contributed by atoms with Gasteiger partial charge in [-0.1, -0.05) is 12.1 Å². The van der Waals surface area contributed by atoms with Gasteiger partial charge in [-0.05, 0) is 57.5 Å². The molecule has 126 valence electrons. The summed E-state index contributed by atoms with van der Waals surface area (Å²) in [5, 5.41) is 12.8. The Hall–Kier alpha value is -1.43. The van der Waals surface area contributed by atoms with Crippen molar-refractivity contribution in [3.63, 3.8) is 0 Å². The van der Waals surface area contributed by atoms with Crippen LogP contribution in [0.15, 0.2) is 24.3 Å². The molecule has 0 aliphatic carbocycles. The van der Waals surface area contributed by atoms with Gasteiger partial charge >= 0.3 is 0 Å². The van der Waals surface area contributed by atoms with Crippen LogP contribution >= 0.6 is 0 Å². The zero-order valence-electron chi connectivity index (χ0n) is 14.0. The molecule has 1 fully saturated rings. The van der Waals surface area contributed by atoms with Gasteiger partial charge in [0.15, 0.2) is 0 Å². The molecule has 1 unspecified atom stereocenters. The molecule has 1 saturated heterocycles. The molecule has 2 aromatic rings. The van der Waals surface area contributed by atoms with Crippen LogP contribution in [0.3, 0.4) is 0 Å². The first kappa shape index (κ1) is 16.4. The summed E-state index contributed by atoms with van der Waals surface area (Å²) >= 11 is 0. The highest BCUT2D eigenvalue weighted by Gasteiger charge is 2.22. The fourth-order valence-corrected chi connectivity index (χ4v) is 3.51. The lowest BCUT2D eigenvalue weighted by Gasteiger charge is -2.22. The molecule has 0 radical (unpaired) electrons. The van der Waals surface area contributed by atoms with Gasteiger partial charge < -0.3 is 15.0 Å². The normalized spacial score (nSPS) is 19.0. The monoisotopic (exact) mass is 316 g/mol. The number of aromatic nitrogens is 2. The van der Waals surface area contributed by atoms with Gasteiger partial charge in [0.2, 0.25) is 0 Å². The number of rotatable bonds is 8. The van der Waals surface area contributed by atoms with Gasteiger partial charge in [-0.2, -0.15) is 0 Å². The Morgan fingerprint density at radius 3 is 3.00 bits per heavy atom. The fraction of sp³-hybridized carbons (Fsp3) is 0.611. The number of hydrogen-bond donors (Lipinski definition) is 2. The van der Waals surface area contributed by atoms with E-state index in [9.17, 15) is 5.11 Å². The van der Waals surface area contributed by atoms with Gasteiger partial charge in [-0.25, -0.2) is 4.98 Å². The molecule has 1 atom stereocenters. The highest BCUT2D eigenvalue weighted by atomic mass is 16.3. The molecule has 5 heteroatoms. The summed E-state index contributed by atoms with van der Waals surface area (Å²) in [5.74, 6) is 1.09. The van der Waals surface area contributed by atoms with Crippen molar-refractivity contribution in [3.8, 4) is 0 Å². The van der Waals surface area contributed by atoms with Gasteiger partial charge in [0.25, 0.3) is 0 Å². The second kappa shape index (κ2) is 7.90. The number of aliphatic hydroxyl groups is 1. The molecule has 1 aromatic carbocycles. The average Bonchev–Trinajstić information content (AvgIpc) is 3.16. The maximum absolute atomic E-state index is 9.33. The van der Waals surface area contributed by atoms with Crippen LogP contribution in [0.2, 0.25) is 0 Å². The number of nitrogens with zero attached hydrogens (tertiary/aromatic N) is 3. The third-order valence-electron chi connectivity index (χ3n) is 4.92. The Bertz CT molecular complexity index is 625. The average molecular weight is 316 g/mol. The van der Waals surface area contributed by atoms with Crippen molar-refractivity contribution in [3.05, 3.63) is 30.1 Å². The van der Waals surface area contributed by atoms with Crippen LogP contribution in [-0.2, 0) is 13.6 Å². The molecular formula is C18H28N4O. The first-order valence-electron chi connectivity index (χ1n) is 8.75. The molecule has 2 heterocycles.